The average Bonchev–Trinajstić information content (AvgIpc) is 2.60. The van der Waals surface area contributed by atoms with Crippen molar-refractivity contribution in [1.82, 2.24) is 0 Å². The van der Waals surface area contributed by atoms with Gasteiger partial charge in [0.25, 0.3) is 0 Å². The predicted octanol–water partition coefficient (Wildman–Crippen LogP) is 4.29. The van der Waals surface area contributed by atoms with Crippen LogP contribution in [0.3, 0.4) is 0 Å². The zero-order chi connectivity index (χ0) is 16.0. The van der Waals surface area contributed by atoms with Crippen LogP contribution in [-0.2, 0) is 13.6 Å². The van der Waals surface area contributed by atoms with Crippen LogP contribution in [-0.4, -0.2) is 21.3 Å². The van der Waals surface area contributed by atoms with Crippen molar-refractivity contribution in [3.05, 3.63) is 60.2 Å². The molecular weight excluding hydrogens is 301 g/mol. The van der Waals surface area contributed by atoms with Crippen molar-refractivity contribution in [3.8, 4) is 5.75 Å². The normalized spacial score (nSPS) is 12.7. The molecule has 0 radical (unpaired) electrons. The van der Waals surface area contributed by atoms with Crippen molar-refractivity contribution >= 4 is 13.3 Å². The van der Waals surface area contributed by atoms with E-state index in [4.69, 9.17) is 13.8 Å². The Morgan fingerprint density at radius 1 is 0.909 bits per heavy atom. The lowest BCUT2D eigenvalue weighted by Crippen LogP contribution is -2.13. The van der Waals surface area contributed by atoms with E-state index in [9.17, 15) is 4.57 Å². The van der Waals surface area contributed by atoms with Crippen LogP contribution in [0.2, 0.25) is 0 Å². The van der Waals surface area contributed by atoms with Gasteiger partial charge in [-0.15, -0.1) is 0 Å². The Bertz CT molecular complexity index is 622. The van der Waals surface area contributed by atoms with Gasteiger partial charge in [0.15, 0.2) is 5.78 Å². The van der Waals surface area contributed by atoms with E-state index in [2.05, 4.69) is 5.32 Å². The molecule has 0 aliphatic carbocycles. The number of benzene rings is 2. The van der Waals surface area contributed by atoms with Gasteiger partial charge in [0.05, 0.1) is 7.11 Å². The lowest BCUT2D eigenvalue weighted by atomic mass is 10.2. The summed E-state index contributed by atoms with van der Waals surface area (Å²) in [5.74, 6) is 0.114. The third kappa shape index (κ3) is 3.69. The molecule has 22 heavy (non-hydrogen) atoms. The highest BCUT2D eigenvalue weighted by molar-refractivity contribution is 7.54. The van der Waals surface area contributed by atoms with Gasteiger partial charge in [-0.25, -0.2) is 0 Å². The molecule has 0 aliphatic heterocycles. The second-order valence-corrected chi connectivity index (χ2v) is 6.92. The molecule has 0 amide bonds. The van der Waals surface area contributed by atoms with E-state index in [-0.39, 0.29) is 0 Å². The van der Waals surface area contributed by atoms with E-state index in [1.165, 1.54) is 14.2 Å². The fourth-order valence-corrected chi connectivity index (χ4v) is 3.52. The van der Waals surface area contributed by atoms with Crippen molar-refractivity contribution in [1.29, 1.82) is 0 Å². The highest BCUT2D eigenvalue weighted by Crippen LogP contribution is 2.59. The first-order valence-corrected chi connectivity index (χ1v) is 8.41. The van der Waals surface area contributed by atoms with Gasteiger partial charge < -0.3 is 19.1 Å². The third-order valence-electron chi connectivity index (χ3n) is 3.33. The molecule has 0 spiro atoms. The van der Waals surface area contributed by atoms with Crippen LogP contribution in [0.15, 0.2) is 54.6 Å². The Balaban J connectivity index is 2.38. The number of methoxy groups -OCH3 is 1. The molecule has 0 unspecified atom stereocenters. The molecule has 0 aromatic heterocycles. The number of rotatable bonds is 7. The number of anilines is 1. The molecule has 2 aromatic rings. The minimum atomic E-state index is -3.35. The van der Waals surface area contributed by atoms with Gasteiger partial charge in [0.2, 0.25) is 0 Å². The molecule has 0 aliphatic rings. The SMILES string of the molecule is COc1ccc([C@@H](Nc2ccccc2)P(=O)(OC)OC)cc1. The smallest absolute Gasteiger partial charge is 0.356 e. The Hall–Kier alpha value is -1.81. The predicted molar refractivity (Wildman–Crippen MR) is 87.4 cm³/mol. The molecule has 2 rings (SSSR count). The molecule has 6 heteroatoms. The summed E-state index contributed by atoms with van der Waals surface area (Å²) in [5.41, 5.74) is 1.62. The maximum atomic E-state index is 12.9. The summed E-state index contributed by atoms with van der Waals surface area (Å²) in [5, 5.41) is 3.22. The first-order valence-electron chi connectivity index (χ1n) is 6.79. The molecule has 0 fully saturated rings. The monoisotopic (exact) mass is 321 g/mol. The fraction of sp³-hybridized carbons (Fsp3) is 0.250. The van der Waals surface area contributed by atoms with Gasteiger partial charge in [-0.3, -0.25) is 4.57 Å². The van der Waals surface area contributed by atoms with E-state index in [1.54, 1.807) is 7.11 Å². The third-order valence-corrected chi connectivity index (χ3v) is 5.41. The molecule has 118 valence electrons. The van der Waals surface area contributed by atoms with Crippen LogP contribution < -0.4 is 10.1 Å². The molecule has 0 saturated heterocycles. The number of para-hydroxylation sites is 1. The molecule has 0 heterocycles. The molecule has 2 aromatic carbocycles. The highest BCUT2D eigenvalue weighted by Gasteiger charge is 2.35. The summed E-state index contributed by atoms with van der Waals surface area (Å²) >= 11 is 0. The van der Waals surface area contributed by atoms with Crippen LogP contribution >= 0.6 is 7.60 Å². The summed E-state index contributed by atoms with van der Waals surface area (Å²) in [6, 6.07) is 16.8. The van der Waals surface area contributed by atoms with Crippen LogP contribution in [0, 0.1) is 0 Å². The second-order valence-electron chi connectivity index (χ2n) is 4.59. The van der Waals surface area contributed by atoms with Crippen molar-refractivity contribution in [2.45, 2.75) is 5.78 Å². The van der Waals surface area contributed by atoms with Gasteiger partial charge in [0.1, 0.15) is 5.75 Å². The summed E-state index contributed by atoms with van der Waals surface area (Å²) in [6.07, 6.45) is 0. The van der Waals surface area contributed by atoms with Crippen LogP contribution in [0.5, 0.6) is 5.75 Å². The van der Waals surface area contributed by atoms with Crippen molar-refractivity contribution in [2.75, 3.05) is 26.6 Å². The fourth-order valence-electron chi connectivity index (χ4n) is 2.11. The van der Waals surface area contributed by atoms with E-state index < -0.39 is 13.4 Å². The van der Waals surface area contributed by atoms with Gasteiger partial charge in [0, 0.05) is 19.9 Å². The van der Waals surface area contributed by atoms with Crippen LogP contribution in [0.25, 0.3) is 0 Å². The van der Waals surface area contributed by atoms with Crippen LogP contribution in [0.1, 0.15) is 11.3 Å². The summed E-state index contributed by atoms with van der Waals surface area (Å²) in [7, 11) is 1.01. The Morgan fingerprint density at radius 3 is 2.00 bits per heavy atom. The van der Waals surface area contributed by atoms with Crippen LogP contribution in [0.4, 0.5) is 5.69 Å². The minimum absolute atomic E-state index is 0.615. The molecule has 5 nitrogen and oxygen atoms in total. The van der Waals surface area contributed by atoms with E-state index in [1.807, 2.05) is 54.6 Å². The highest BCUT2D eigenvalue weighted by atomic mass is 31.2. The quantitative estimate of drug-likeness (QED) is 0.771. The van der Waals surface area contributed by atoms with Crippen molar-refractivity contribution in [2.24, 2.45) is 0 Å². The molecule has 1 atom stereocenters. The van der Waals surface area contributed by atoms with Gasteiger partial charge in [-0.2, -0.15) is 0 Å². The van der Waals surface area contributed by atoms with Crippen molar-refractivity contribution in [3.63, 3.8) is 0 Å². The minimum Gasteiger partial charge on any atom is -0.497 e. The Labute approximate surface area is 130 Å². The van der Waals surface area contributed by atoms with Gasteiger partial charge >= 0.3 is 7.60 Å². The lowest BCUT2D eigenvalue weighted by molar-refractivity contribution is 0.268. The first kappa shape index (κ1) is 16.6. The van der Waals surface area contributed by atoms with E-state index >= 15 is 0 Å². The van der Waals surface area contributed by atoms with Crippen molar-refractivity contribution < 1.29 is 18.3 Å². The number of nitrogens with one attached hydrogen (secondary N) is 1. The van der Waals surface area contributed by atoms with Gasteiger partial charge in [-0.05, 0) is 29.8 Å². The largest absolute Gasteiger partial charge is 0.497 e. The zero-order valence-corrected chi connectivity index (χ0v) is 13.7. The van der Waals surface area contributed by atoms with E-state index in [0.717, 1.165) is 17.0 Å². The maximum absolute atomic E-state index is 12.9. The summed E-state index contributed by atoms with van der Waals surface area (Å²) in [6.45, 7) is 0. The number of hydrogen-bond acceptors (Lipinski definition) is 5. The lowest BCUT2D eigenvalue weighted by Gasteiger charge is -2.26. The zero-order valence-electron chi connectivity index (χ0n) is 12.9. The molecular formula is C16H20NO4P. The number of ether oxygens (including phenoxy) is 1. The second kappa shape index (κ2) is 7.45. The Kier molecular flexibility index (Phi) is 5.61. The number of hydrogen-bond donors (Lipinski definition) is 1. The molecule has 0 bridgehead atoms. The average molecular weight is 321 g/mol. The maximum Gasteiger partial charge on any atom is 0.356 e. The standard InChI is InChI=1S/C16H20NO4P/c1-19-15-11-9-13(10-12-15)16(22(18,20-2)21-3)17-14-7-5-4-6-8-14/h4-12,16-17H,1-3H3/t16-/m0/s1. The Morgan fingerprint density at radius 2 is 1.50 bits per heavy atom. The van der Waals surface area contributed by atoms with Gasteiger partial charge in [-0.1, -0.05) is 30.3 Å². The first-order chi connectivity index (χ1) is 10.6. The molecule has 1 N–H and O–H groups in total. The summed E-state index contributed by atoms with van der Waals surface area (Å²) < 4.78 is 28.4. The van der Waals surface area contributed by atoms with E-state index in [0.29, 0.717) is 0 Å². The summed E-state index contributed by atoms with van der Waals surface area (Å²) in [4.78, 5) is 0. The topological polar surface area (TPSA) is 56.8 Å². The molecule has 0 saturated carbocycles.